The molecule has 0 aliphatic heterocycles. The topological polar surface area (TPSA) is 61.8 Å². The Kier molecular flexibility index (Phi) is 2.86. The van der Waals surface area contributed by atoms with Crippen molar-refractivity contribution in [1.82, 2.24) is 15.2 Å². The van der Waals surface area contributed by atoms with E-state index in [0.717, 1.165) is 40.5 Å². The highest BCUT2D eigenvalue weighted by Gasteiger charge is 2.21. The van der Waals surface area contributed by atoms with Crippen LogP contribution in [0.4, 0.5) is 0 Å². The number of pyridine rings is 1. The second-order valence-corrected chi connectivity index (χ2v) is 6.47. The molecule has 1 aliphatic rings. The Labute approximate surface area is 139 Å². The van der Waals surface area contributed by atoms with Crippen molar-refractivity contribution >= 4 is 21.8 Å². The molecule has 4 heteroatoms. The maximum Gasteiger partial charge on any atom is 0.115 e. The lowest BCUT2D eigenvalue weighted by atomic mass is 9.86. The SMILES string of the molecule is Oc1ccc(-c2nc3ccc4cn[nH]c4c3c3c2CCCC3)cc1. The van der Waals surface area contributed by atoms with Crippen molar-refractivity contribution in [1.29, 1.82) is 0 Å². The third kappa shape index (κ3) is 1.92. The molecule has 2 aromatic heterocycles. The van der Waals surface area contributed by atoms with E-state index < -0.39 is 0 Å². The molecule has 0 radical (unpaired) electrons. The largest absolute Gasteiger partial charge is 0.508 e. The number of aromatic amines is 1. The number of hydrogen-bond acceptors (Lipinski definition) is 3. The molecule has 118 valence electrons. The fourth-order valence-electron chi connectivity index (χ4n) is 3.89. The zero-order valence-electron chi connectivity index (χ0n) is 13.2. The summed E-state index contributed by atoms with van der Waals surface area (Å²) in [5, 5.41) is 19.3. The number of aromatic nitrogens is 3. The Morgan fingerprint density at radius 1 is 0.917 bits per heavy atom. The van der Waals surface area contributed by atoms with Crippen molar-refractivity contribution < 1.29 is 5.11 Å². The first kappa shape index (κ1) is 13.5. The van der Waals surface area contributed by atoms with Crippen molar-refractivity contribution in [2.45, 2.75) is 25.7 Å². The van der Waals surface area contributed by atoms with Gasteiger partial charge in [0.15, 0.2) is 0 Å². The van der Waals surface area contributed by atoms with Crippen LogP contribution in [0, 0.1) is 0 Å². The maximum absolute atomic E-state index is 9.58. The second kappa shape index (κ2) is 5.06. The van der Waals surface area contributed by atoms with Crippen LogP contribution in [-0.4, -0.2) is 20.3 Å². The van der Waals surface area contributed by atoms with Gasteiger partial charge in [-0.15, -0.1) is 0 Å². The molecule has 0 amide bonds. The van der Waals surface area contributed by atoms with Gasteiger partial charge in [-0.25, -0.2) is 4.98 Å². The van der Waals surface area contributed by atoms with Crippen LogP contribution in [-0.2, 0) is 12.8 Å². The van der Waals surface area contributed by atoms with Crippen LogP contribution >= 0.6 is 0 Å². The van der Waals surface area contributed by atoms with Gasteiger partial charge in [-0.2, -0.15) is 5.10 Å². The molecule has 4 aromatic rings. The average molecular weight is 315 g/mol. The Bertz CT molecular complexity index is 1060. The van der Waals surface area contributed by atoms with Crippen LogP contribution in [0.3, 0.4) is 0 Å². The predicted octanol–water partition coefficient (Wildman–Crippen LogP) is 4.36. The minimum absolute atomic E-state index is 0.285. The summed E-state index contributed by atoms with van der Waals surface area (Å²) in [5.41, 5.74) is 6.98. The highest BCUT2D eigenvalue weighted by molar-refractivity contribution is 6.06. The molecular weight excluding hydrogens is 298 g/mol. The van der Waals surface area contributed by atoms with Crippen molar-refractivity contribution in [2.24, 2.45) is 0 Å². The molecule has 0 unspecified atom stereocenters. The molecule has 4 nitrogen and oxygen atoms in total. The number of aromatic hydroxyl groups is 1. The lowest BCUT2D eigenvalue weighted by molar-refractivity contribution is 0.475. The minimum atomic E-state index is 0.285. The van der Waals surface area contributed by atoms with Gasteiger partial charge in [0.05, 0.1) is 22.9 Å². The summed E-state index contributed by atoms with van der Waals surface area (Å²) in [7, 11) is 0. The average Bonchev–Trinajstić information content (AvgIpc) is 3.10. The Morgan fingerprint density at radius 2 is 1.71 bits per heavy atom. The van der Waals surface area contributed by atoms with Gasteiger partial charge in [0.1, 0.15) is 5.75 Å². The van der Waals surface area contributed by atoms with E-state index in [0.29, 0.717) is 0 Å². The molecular formula is C20H17N3O. The van der Waals surface area contributed by atoms with E-state index in [1.165, 1.54) is 29.4 Å². The van der Waals surface area contributed by atoms with E-state index in [4.69, 9.17) is 4.98 Å². The van der Waals surface area contributed by atoms with Crippen LogP contribution in [0.5, 0.6) is 5.75 Å². The first-order chi connectivity index (χ1) is 11.8. The smallest absolute Gasteiger partial charge is 0.115 e. The van der Waals surface area contributed by atoms with Gasteiger partial charge in [0.2, 0.25) is 0 Å². The standard InChI is InChI=1S/C20H17N3O/c24-14-8-5-12(6-9-14)19-16-4-2-1-3-15(16)18-17(22-19)10-7-13-11-21-23-20(13)18/h5-11,24H,1-4H2,(H,21,23). The number of fused-ring (bicyclic) bond motifs is 5. The molecule has 0 saturated heterocycles. The summed E-state index contributed by atoms with van der Waals surface area (Å²) in [6.07, 6.45) is 6.42. The number of hydrogen-bond donors (Lipinski definition) is 2. The molecule has 2 heterocycles. The number of nitrogens with one attached hydrogen (secondary N) is 1. The van der Waals surface area contributed by atoms with Gasteiger partial charge in [-0.05, 0) is 73.2 Å². The van der Waals surface area contributed by atoms with Crippen molar-refractivity contribution in [2.75, 3.05) is 0 Å². The van der Waals surface area contributed by atoms with Crippen LogP contribution in [0.2, 0.25) is 0 Å². The number of H-pyrrole nitrogens is 1. The van der Waals surface area contributed by atoms with Gasteiger partial charge in [0.25, 0.3) is 0 Å². The summed E-state index contributed by atoms with van der Waals surface area (Å²) in [5.74, 6) is 0.285. The summed E-state index contributed by atoms with van der Waals surface area (Å²) in [4.78, 5) is 4.99. The quantitative estimate of drug-likeness (QED) is 0.548. The lowest BCUT2D eigenvalue weighted by Gasteiger charge is -2.21. The first-order valence-corrected chi connectivity index (χ1v) is 8.38. The molecule has 0 fully saturated rings. The predicted molar refractivity (Wildman–Crippen MR) is 95.1 cm³/mol. The minimum Gasteiger partial charge on any atom is -0.508 e. The normalized spacial score (nSPS) is 14.2. The lowest BCUT2D eigenvalue weighted by Crippen LogP contribution is -2.08. The fourth-order valence-corrected chi connectivity index (χ4v) is 3.89. The zero-order valence-corrected chi connectivity index (χ0v) is 13.2. The number of rotatable bonds is 1. The van der Waals surface area contributed by atoms with Gasteiger partial charge in [-0.3, -0.25) is 5.10 Å². The van der Waals surface area contributed by atoms with E-state index in [2.05, 4.69) is 22.3 Å². The van der Waals surface area contributed by atoms with Gasteiger partial charge >= 0.3 is 0 Å². The Balaban J connectivity index is 1.88. The second-order valence-electron chi connectivity index (χ2n) is 6.47. The van der Waals surface area contributed by atoms with Crippen LogP contribution in [0.25, 0.3) is 33.1 Å². The summed E-state index contributed by atoms with van der Waals surface area (Å²) >= 11 is 0. The number of benzene rings is 2. The highest BCUT2D eigenvalue weighted by atomic mass is 16.3. The molecule has 24 heavy (non-hydrogen) atoms. The van der Waals surface area contributed by atoms with Gasteiger partial charge < -0.3 is 5.11 Å². The van der Waals surface area contributed by atoms with Gasteiger partial charge in [-0.1, -0.05) is 0 Å². The maximum atomic E-state index is 9.58. The number of nitrogens with zero attached hydrogens (tertiary/aromatic N) is 2. The number of aryl methyl sites for hydroxylation is 1. The number of phenolic OH excluding ortho intramolecular Hbond substituents is 1. The molecule has 5 rings (SSSR count). The molecule has 0 saturated carbocycles. The third-order valence-corrected chi connectivity index (χ3v) is 5.02. The molecule has 1 aliphatic carbocycles. The van der Waals surface area contributed by atoms with Crippen LogP contribution in [0.1, 0.15) is 24.0 Å². The van der Waals surface area contributed by atoms with Gasteiger partial charge in [0, 0.05) is 16.3 Å². The van der Waals surface area contributed by atoms with E-state index in [1.54, 1.807) is 12.1 Å². The molecule has 2 aromatic carbocycles. The highest BCUT2D eigenvalue weighted by Crippen LogP contribution is 2.37. The Morgan fingerprint density at radius 3 is 2.54 bits per heavy atom. The number of phenols is 1. The molecule has 0 spiro atoms. The fraction of sp³-hybridized carbons (Fsp3) is 0.200. The van der Waals surface area contributed by atoms with E-state index in [-0.39, 0.29) is 5.75 Å². The summed E-state index contributed by atoms with van der Waals surface area (Å²) in [6.45, 7) is 0. The summed E-state index contributed by atoms with van der Waals surface area (Å²) < 4.78 is 0. The van der Waals surface area contributed by atoms with Crippen molar-refractivity contribution in [3.05, 3.63) is 53.7 Å². The molecule has 0 bridgehead atoms. The third-order valence-electron chi connectivity index (χ3n) is 5.02. The van der Waals surface area contributed by atoms with E-state index in [9.17, 15) is 5.11 Å². The zero-order chi connectivity index (χ0) is 16.1. The van der Waals surface area contributed by atoms with Crippen LogP contribution < -0.4 is 0 Å². The van der Waals surface area contributed by atoms with Crippen molar-refractivity contribution in [3.8, 4) is 17.0 Å². The van der Waals surface area contributed by atoms with Crippen LogP contribution in [0.15, 0.2) is 42.6 Å². The Hall–Kier alpha value is -2.88. The van der Waals surface area contributed by atoms with Crippen molar-refractivity contribution in [3.63, 3.8) is 0 Å². The molecule has 2 N–H and O–H groups in total. The monoisotopic (exact) mass is 315 g/mol. The molecule has 0 atom stereocenters. The van der Waals surface area contributed by atoms with E-state index in [1.807, 2.05) is 18.3 Å². The summed E-state index contributed by atoms with van der Waals surface area (Å²) in [6, 6.07) is 11.5. The van der Waals surface area contributed by atoms with E-state index >= 15 is 0 Å². The first-order valence-electron chi connectivity index (χ1n) is 8.38.